The van der Waals surface area contributed by atoms with Gasteiger partial charge in [-0.1, -0.05) is 50.2 Å². The molecule has 0 bridgehead atoms. The Morgan fingerprint density at radius 1 is 1.08 bits per heavy atom. The maximum absolute atomic E-state index is 13.7. The molecule has 1 aromatic heterocycles. The Balaban J connectivity index is 1.42. The zero-order chi connectivity index (χ0) is 26.6. The van der Waals surface area contributed by atoms with Crippen LogP contribution in [0.25, 0.3) is 5.69 Å². The Kier molecular flexibility index (Phi) is 7.93. The van der Waals surface area contributed by atoms with Crippen LogP contribution in [0.5, 0.6) is 0 Å². The van der Waals surface area contributed by atoms with Gasteiger partial charge < -0.3 is 15.5 Å². The molecule has 0 spiro atoms. The van der Waals surface area contributed by atoms with Crippen molar-refractivity contribution in [3.8, 4) is 5.69 Å². The summed E-state index contributed by atoms with van der Waals surface area (Å²) in [5.41, 5.74) is 3.07. The predicted octanol–water partition coefficient (Wildman–Crippen LogP) is 4.95. The Labute approximate surface area is 225 Å². The van der Waals surface area contributed by atoms with Crippen LogP contribution in [0.15, 0.2) is 65.7 Å². The Bertz CT molecular complexity index is 1310. The summed E-state index contributed by atoms with van der Waals surface area (Å²) in [5, 5.41) is 6.54. The normalized spacial score (nSPS) is 18.1. The number of hydrogen-bond acceptors (Lipinski definition) is 5. The highest BCUT2D eigenvalue weighted by atomic mass is 16.2. The zero-order valence-electron chi connectivity index (χ0n) is 22.7. The van der Waals surface area contributed by atoms with E-state index in [9.17, 15) is 9.59 Å². The lowest BCUT2D eigenvalue weighted by molar-refractivity contribution is 0.0951. The molecule has 2 N–H and O–H groups in total. The summed E-state index contributed by atoms with van der Waals surface area (Å²) in [4.78, 5) is 33.4. The molecule has 2 aliphatic rings. The van der Waals surface area contributed by atoms with E-state index in [1.807, 2.05) is 37.3 Å². The number of aromatic nitrogens is 2. The average Bonchev–Trinajstić information content (AvgIpc) is 3.74. The molecule has 5 rings (SSSR count). The molecule has 7 nitrogen and oxygen atoms in total. The molecule has 1 aliphatic carbocycles. The van der Waals surface area contributed by atoms with Gasteiger partial charge in [-0.05, 0) is 80.8 Å². The molecule has 1 aliphatic heterocycles. The first-order valence-electron chi connectivity index (χ1n) is 13.9. The summed E-state index contributed by atoms with van der Waals surface area (Å²) in [6, 6.07) is 16.0. The minimum atomic E-state index is -0.227. The third kappa shape index (κ3) is 6.16. The Morgan fingerprint density at radius 2 is 1.82 bits per heavy atom. The minimum Gasteiger partial charge on any atom is -0.358 e. The highest BCUT2D eigenvalue weighted by molar-refractivity contribution is 5.95. The van der Waals surface area contributed by atoms with E-state index in [1.54, 1.807) is 23.0 Å². The van der Waals surface area contributed by atoms with E-state index in [0.717, 1.165) is 49.5 Å². The van der Waals surface area contributed by atoms with Gasteiger partial charge in [0, 0.05) is 30.5 Å². The quantitative estimate of drug-likeness (QED) is 0.423. The molecular weight excluding hydrogens is 474 g/mol. The molecule has 200 valence electrons. The molecule has 0 unspecified atom stereocenters. The topological polar surface area (TPSA) is 79.3 Å². The maximum Gasteiger partial charge on any atom is 0.297 e. The van der Waals surface area contributed by atoms with Crippen LogP contribution >= 0.6 is 0 Å². The van der Waals surface area contributed by atoms with Crippen molar-refractivity contribution in [2.75, 3.05) is 25.0 Å². The number of hydrogen-bond donors (Lipinski definition) is 2. The minimum absolute atomic E-state index is 0.0663. The molecule has 1 saturated heterocycles. The van der Waals surface area contributed by atoms with E-state index in [-0.39, 0.29) is 29.5 Å². The number of nitrogens with one attached hydrogen (secondary N) is 2. The van der Waals surface area contributed by atoms with Crippen molar-refractivity contribution in [2.45, 2.75) is 58.5 Å². The van der Waals surface area contributed by atoms with Crippen LogP contribution in [0.3, 0.4) is 0 Å². The summed E-state index contributed by atoms with van der Waals surface area (Å²) in [7, 11) is 0. The van der Waals surface area contributed by atoms with Gasteiger partial charge in [-0.3, -0.25) is 14.2 Å². The highest BCUT2D eigenvalue weighted by Crippen LogP contribution is 2.28. The number of amides is 1. The van der Waals surface area contributed by atoms with Gasteiger partial charge in [0.15, 0.2) is 5.82 Å². The van der Waals surface area contributed by atoms with Gasteiger partial charge in [-0.2, -0.15) is 0 Å². The van der Waals surface area contributed by atoms with E-state index in [4.69, 9.17) is 0 Å². The molecule has 2 fully saturated rings. The van der Waals surface area contributed by atoms with Crippen LogP contribution < -0.4 is 16.2 Å². The number of piperidine rings is 1. The van der Waals surface area contributed by atoms with Gasteiger partial charge in [0.1, 0.15) is 0 Å². The first-order chi connectivity index (χ1) is 18.4. The fourth-order valence-electron chi connectivity index (χ4n) is 5.33. The first kappa shape index (κ1) is 26.2. The van der Waals surface area contributed by atoms with Crippen LogP contribution in [0, 0.1) is 18.8 Å². The maximum atomic E-state index is 13.7. The van der Waals surface area contributed by atoms with E-state index >= 15 is 0 Å². The zero-order valence-corrected chi connectivity index (χ0v) is 22.7. The summed E-state index contributed by atoms with van der Waals surface area (Å²) in [6.07, 6.45) is 7.85. The van der Waals surface area contributed by atoms with Crippen LogP contribution in [0.1, 0.15) is 67.1 Å². The molecule has 1 amide bonds. The van der Waals surface area contributed by atoms with Crippen molar-refractivity contribution >= 4 is 11.7 Å². The molecule has 2 atom stereocenters. The van der Waals surface area contributed by atoms with Gasteiger partial charge in [0.25, 0.3) is 11.5 Å². The van der Waals surface area contributed by atoms with Crippen molar-refractivity contribution in [1.29, 1.82) is 0 Å². The smallest absolute Gasteiger partial charge is 0.297 e. The predicted molar refractivity (Wildman–Crippen MR) is 152 cm³/mol. The van der Waals surface area contributed by atoms with E-state index in [0.29, 0.717) is 17.1 Å². The van der Waals surface area contributed by atoms with Crippen molar-refractivity contribution in [2.24, 2.45) is 11.8 Å². The lowest BCUT2D eigenvalue weighted by Crippen LogP contribution is -2.39. The third-order valence-corrected chi connectivity index (χ3v) is 7.93. The number of aryl methyl sites for hydroxylation is 1. The number of likely N-dealkylation sites (tertiary alicyclic amines) is 1. The van der Waals surface area contributed by atoms with E-state index in [1.165, 1.54) is 12.8 Å². The van der Waals surface area contributed by atoms with Gasteiger partial charge in [-0.25, -0.2) is 4.98 Å². The average molecular weight is 514 g/mol. The molecule has 2 aromatic carbocycles. The van der Waals surface area contributed by atoms with Crippen molar-refractivity contribution < 1.29 is 4.79 Å². The lowest BCUT2D eigenvalue weighted by atomic mass is 9.92. The molecule has 0 radical (unpaired) electrons. The Morgan fingerprint density at radius 3 is 2.53 bits per heavy atom. The monoisotopic (exact) mass is 513 g/mol. The van der Waals surface area contributed by atoms with Gasteiger partial charge in [0.05, 0.1) is 11.7 Å². The van der Waals surface area contributed by atoms with Crippen molar-refractivity contribution in [3.05, 3.63) is 88.0 Å². The number of carbonyl (C=O) groups excluding carboxylic acids is 1. The fraction of sp³-hybridized carbons (Fsp3) is 0.452. The number of benzene rings is 2. The number of anilines is 1. The Hall–Kier alpha value is -3.45. The van der Waals surface area contributed by atoms with Crippen LogP contribution in [-0.2, 0) is 0 Å². The van der Waals surface area contributed by atoms with E-state index in [2.05, 4.69) is 46.5 Å². The van der Waals surface area contributed by atoms with Crippen LogP contribution in [0.4, 0.5) is 5.82 Å². The van der Waals surface area contributed by atoms with Crippen molar-refractivity contribution in [1.82, 2.24) is 19.8 Å². The lowest BCUT2D eigenvalue weighted by Gasteiger charge is -2.35. The molecule has 3 aromatic rings. The summed E-state index contributed by atoms with van der Waals surface area (Å²) in [5.74, 6) is 1.27. The first-order valence-corrected chi connectivity index (χ1v) is 13.9. The van der Waals surface area contributed by atoms with Crippen molar-refractivity contribution in [3.63, 3.8) is 0 Å². The van der Waals surface area contributed by atoms with Gasteiger partial charge in [-0.15, -0.1) is 0 Å². The number of carbonyl (C=O) groups is 1. The molecule has 2 heterocycles. The van der Waals surface area contributed by atoms with E-state index < -0.39 is 0 Å². The standard InChI is InChI=1S/C31H39N5O2/c1-21-13-16-35(17-14-21)20-23(3)28(24-7-5-4-6-8-24)34-29-31(38)36(18-15-32-29)27-19-25(10-9-22(27)2)30(37)33-26-11-12-26/h4-10,15,18-19,21,23,26,28H,11-14,16-17,20H2,1-3H3,(H,32,34)(H,33,37)/t23-,28-/m1/s1. The van der Waals surface area contributed by atoms with Gasteiger partial charge >= 0.3 is 0 Å². The highest BCUT2D eigenvalue weighted by Gasteiger charge is 2.26. The summed E-state index contributed by atoms with van der Waals surface area (Å²) in [6.45, 7) is 9.72. The summed E-state index contributed by atoms with van der Waals surface area (Å²) < 4.78 is 1.59. The summed E-state index contributed by atoms with van der Waals surface area (Å²) >= 11 is 0. The fourth-order valence-corrected chi connectivity index (χ4v) is 5.33. The molecule has 7 heteroatoms. The largest absolute Gasteiger partial charge is 0.358 e. The van der Waals surface area contributed by atoms with Gasteiger partial charge in [0.2, 0.25) is 0 Å². The molecule has 38 heavy (non-hydrogen) atoms. The second-order valence-electron chi connectivity index (χ2n) is 11.2. The second-order valence-corrected chi connectivity index (χ2v) is 11.2. The molecular formula is C31H39N5O2. The van der Waals surface area contributed by atoms with Crippen LogP contribution in [0.2, 0.25) is 0 Å². The third-order valence-electron chi connectivity index (χ3n) is 7.93. The SMILES string of the molecule is Cc1ccc(C(=O)NC2CC2)cc1-n1ccnc(N[C@@H](c2ccccc2)[C@H](C)CN2CCC(C)CC2)c1=O. The molecule has 1 saturated carbocycles. The second kappa shape index (κ2) is 11.5. The number of nitrogens with zero attached hydrogens (tertiary/aromatic N) is 3. The number of rotatable bonds is 9. The van der Waals surface area contributed by atoms with Crippen LogP contribution in [-0.4, -0.2) is 46.0 Å².